The van der Waals surface area contributed by atoms with Gasteiger partial charge in [0.15, 0.2) is 0 Å². The molecule has 1 amide bonds. The van der Waals surface area contributed by atoms with Crippen LogP contribution in [0.2, 0.25) is 10.0 Å². The van der Waals surface area contributed by atoms with Gasteiger partial charge in [0.1, 0.15) is 0 Å². The fourth-order valence-electron chi connectivity index (χ4n) is 2.61. The maximum absolute atomic E-state index is 12.9. The number of carbonyl (C=O) groups is 1. The first-order valence-corrected chi connectivity index (χ1v) is 8.01. The third-order valence-electron chi connectivity index (χ3n) is 3.56. The van der Waals surface area contributed by atoms with Crippen LogP contribution in [0, 0.1) is 5.41 Å². The van der Waals surface area contributed by atoms with Crippen LogP contribution in [-0.4, -0.2) is 36.5 Å². The molecule has 0 radical (unpaired) electrons. The largest absolute Gasteiger partial charge is 0.334 e. The highest BCUT2D eigenvalue weighted by atomic mass is 35.5. The van der Waals surface area contributed by atoms with Gasteiger partial charge in [-0.3, -0.25) is 4.79 Å². The van der Waals surface area contributed by atoms with E-state index in [9.17, 15) is 4.79 Å². The highest BCUT2D eigenvalue weighted by Gasteiger charge is 2.31. The molecular formula is C16H22Cl2N2O. The molecule has 0 unspecified atom stereocenters. The van der Waals surface area contributed by atoms with Gasteiger partial charge in [0.05, 0.1) is 15.6 Å². The fourth-order valence-corrected chi connectivity index (χ4v) is 2.99. The lowest BCUT2D eigenvalue weighted by atomic mass is 9.94. The Kier molecular flexibility index (Phi) is 5.18. The molecule has 1 aromatic rings. The molecule has 1 heterocycles. The van der Waals surface area contributed by atoms with Gasteiger partial charge in [-0.1, -0.05) is 50.0 Å². The molecule has 3 nitrogen and oxygen atoms in total. The number of nitrogens with zero attached hydrogens (tertiary/aromatic N) is 1. The Bertz CT molecular complexity index is 519. The van der Waals surface area contributed by atoms with E-state index in [1.54, 1.807) is 18.2 Å². The molecule has 5 heteroatoms. The molecule has 2 rings (SSSR count). The average molecular weight is 329 g/mol. The summed E-state index contributed by atoms with van der Waals surface area (Å²) >= 11 is 12.3. The summed E-state index contributed by atoms with van der Waals surface area (Å²) in [5.41, 5.74) is 0.517. The van der Waals surface area contributed by atoms with E-state index in [2.05, 4.69) is 26.1 Å². The molecule has 0 aliphatic carbocycles. The van der Waals surface area contributed by atoms with Crippen LogP contribution in [0.25, 0.3) is 0 Å². The van der Waals surface area contributed by atoms with Gasteiger partial charge < -0.3 is 10.2 Å². The van der Waals surface area contributed by atoms with Crippen molar-refractivity contribution in [3.05, 3.63) is 33.8 Å². The van der Waals surface area contributed by atoms with Crippen LogP contribution >= 0.6 is 23.2 Å². The summed E-state index contributed by atoms with van der Waals surface area (Å²) < 4.78 is 0. The molecular weight excluding hydrogens is 307 g/mol. The number of benzene rings is 1. The van der Waals surface area contributed by atoms with E-state index in [0.29, 0.717) is 22.2 Å². The minimum atomic E-state index is -0.0360. The first kappa shape index (κ1) is 16.6. The molecule has 0 bridgehead atoms. The Balaban J connectivity index is 2.31. The number of hydrogen-bond donors (Lipinski definition) is 1. The van der Waals surface area contributed by atoms with Gasteiger partial charge in [0.25, 0.3) is 5.91 Å². The van der Waals surface area contributed by atoms with Gasteiger partial charge in [0, 0.05) is 19.1 Å². The number of nitrogens with one attached hydrogen (secondary N) is 1. The molecule has 1 aliphatic heterocycles. The van der Waals surface area contributed by atoms with E-state index in [1.165, 1.54) is 0 Å². The van der Waals surface area contributed by atoms with E-state index in [4.69, 9.17) is 23.2 Å². The second kappa shape index (κ2) is 6.55. The van der Waals surface area contributed by atoms with Crippen molar-refractivity contribution < 1.29 is 4.79 Å². The fraction of sp³-hybridized carbons (Fsp3) is 0.562. The van der Waals surface area contributed by atoms with Crippen molar-refractivity contribution in [2.24, 2.45) is 5.41 Å². The predicted molar refractivity (Wildman–Crippen MR) is 88.2 cm³/mol. The van der Waals surface area contributed by atoms with E-state index in [-0.39, 0.29) is 17.4 Å². The Morgan fingerprint density at radius 2 is 2.10 bits per heavy atom. The summed E-state index contributed by atoms with van der Waals surface area (Å²) in [6.45, 7) is 8.88. The van der Waals surface area contributed by atoms with Crippen LogP contribution in [-0.2, 0) is 0 Å². The van der Waals surface area contributed by atoms with Crippen molar-refractivity contribution >= 4 is 29.1 Å². The molecule has 21 heavy (non-hydrogen) atoms. The van der Waals surface area contributed by atoms with Crippen molar-refractivity contribution in [2.75, 3.05) is 19.6 Å². The summed E-state index contributed by atoms with van der Waals surface area (Å²) in [6, 6.07) is 5.43. The number of halogens is 2. The number of hydrogen-bond acceptors (Lipinski definition) is 2. The zero-order valence-corrected chi connectivity index (χ0v) is 14.3. The average Bonchev–Trinajstić information content (AvgIpc) is 2.91. The van der Waals surface area contributed by atoms with Crippen molar-refractivity contribution in [2.45, 2.75) is 33.2 Å². The van der Waals surface area contributed by atoms with E-state index in [0.717, 1.165) is 19.5 Å². The van der Waals surface area contributed by atoms with Crippen LogP contribution in [0.3, 0.4) is 0 Å². The number of rotatable bonds is 3. The quantitative estimate of drug-likeness (QED) is 0.914. The molecule has 0 spiro atoms. The zero-order chi connectivity index (χ0) is 15.6. The lowest BCUT2D eigenvalue weighted by Gasteiger charge is -2.34. The summed E-state index contributed by atoms with van der Waals surface area (Å²) in [7, 11) is 0. The van der Waals surface area contributed by atoms with Gasteiger partial charge in [-0.05, 0) is 30.5 Å². The summed E-state index contributed by atoms with van der Waals surface area (Å²) in [5.74, 6) is -0.0360. The molecule has 1 N–H and O–H groups in total. The zero-order valence-electron chi connectivity index (χ0n) is 12.7. The Morgan fingerprint density at radius 1 is 1.38 bits per heavy atom. The third kappa shape index (κ3) is 4.12. The lowest BCUT2D eigenvalue weighted by molar-refractivity contribution is 0.0615. The molecule has 1 saturated heterocycles. The van der Waals surface area contributed by atoms with Gasteiger partial charge in [-0.25, -0.2) is 0 Å². The monoisotopic (exact) mass is 328 g/mol. The standard InChI is InChI=1S/C16H22Cl2N2O/c1-16(2,3)10-20(11-7-8-19-9-11)15(21)12-5-4-6-13(17)14(12)18/h4-6,11,19H,7-10H2,1-3H3/t11-/m0/s1. The second-order valence-electron chi connectivity index (χ2n) is 6.74. The summed E-state index contributed by atoms with van der Waals surface area (Å²) in [4.78, 5) is 14.9. The lowest BCUT2D eigenvalue weighted by Crippen LogP contribution is -2.46. The van der Waals surface area contributed by atoms with Gasteiger partial charge in [0.2, 0.25) is 0 Å². The minimum absolute atomic E-state index is 0.0311. The molecule has 0 aromatic heterocycles. The van der Waals surface area contributed by atoms with E-state index < -0.39 is 0 Å². The van der Waals surface area contributed by atoms with Crippen LogP contribution in [0.5, 0.6) is 0 Å². The first-order chi connectivity index (χ1) is 9.79. The normalized spacial score (nSPS) is 18.8. The van der Waals surface area contributed by atoms with Crippen LogP contribution in [0.1, 0.15) is 37.6 Å². The summed E-state index contributed by atoms with van der Waals surface area (Å²) in [6.07, 6.45) is 0.972. The minimum Gasteiger partial charge on any atom is -0.334 e. The smallest absolute Gasteiger partial charge is 0.255 e. The van der Waals surface area contributed by atoms with Gasteiger partial charge in [-0.15, -0.1) is 0 Å². The van der Waals surface area contributed by atoms with Crippen LogP contribution in [0.15, 0.2) is 18.2 Å². The summed E-state index contributed by atoms with van der Waals surface area (Å²) in [5, 5.41) is 4.08. The number of amides is 1. The molecule has 1 aliphatic rings. The van der Waals surface area contributed by atoms with E-state index in [1.807, 2.05) is 4.90 Å². The van der Waals surface area contributed by atoms with E-state index >= 15 is 0 Å². The molecule has 0 saturated carbocycles. The highest BCUT2D eigenvalue weighted by molar-refractivity contribution is 6.43. The Morgan fingerprint density at radius 3 is 2.67 bits per heavy atom. The maximum atomic E-state index is 12.9. The Labute approximate surface area is 136 Å². The van der Waals surface area contributed by atoms with Gasteiger partial charge >= 0.3 is 0 Å². The molecule has 1 fully saturated rings. The number of carbonyl (C=O) groups excluding carboxylic acids is 1. The topological polar surface area (TPSA) is 32.3 Å². The van der Waals surface area contributed by atoms with Gasteiger partial charge in [-0.2, -0.15) is 0 Å². The van der Waals surface area contributed by atoms with Crippen molar-refractivity contribution in [3.8, 4) is 0 Å². The van der Waals surface area contributed by atoms with Crippen molar-refractivity contribution in [1.29, 1.82) is 0 Å². The predicted octanol–water partition coefficient (Wildman–Crippen LogP) is 3.84. The molecule has 1 atom stereocenters. The highest BCUT2D eigenvalue weighted by Crippen LogP contribution is 2.29. The first-order valence-electron chi connectivity index (χ1n) is 7.25. The van der Waals surface area contributed by atoms with Crippen LogP contribution < -0.4 is 5.32 Å². The van der Waals surface area contributed by atoms with Crippen LogP contribution in [0.4, 0.5) is 0 Å². The maximum Gasteiger partial charge on any atom is 0.255 e. The third-order valence-corrected chi connectivity index (χ3v) is 4.38. The molecule has 1 aromatic carbocycles. The van der Waals surface area contributed by atoms with Crippen molar-refractivity contribution in [3.63, 3.8) is 0 Å². The molecule has 116 valence electrons. The van der Waals surface area contributed by atoms with Crippen molar-refractivity contribution in [1.82, 2.24) is 10.2 Å². The Hall–Kier alpha value is -0.770. The second-order valence-corrected chi connectivity index (χ2v) is 7.53. The SMILES string of the molecule is CC(C)(C)CN(C(=O)c1cccc(Cl)c1Cl)[C@H]1CCNC1.